The highest BCUT2D eigenvalue weighted by Crippen LogP contribution is 2.36. The van der Waals surface area contributed by atoms with Crippen molar-refractivity contribution >= 4 is 17.8 Å². The second kappa shape index (κ2) is 7.81. The first-order valence-electron chi connectivity index (χ1n) is 10.2. The van der Waals surface area contributed by atoms with Gasteiger partial charge in [-0.05, 0) is 50.5 Å². The van der Waals surface area contributed by atoms with Crippen molar-refractivity contribution in [3.8, 4) is 0 Å². The van der Waals surface area contributed by atoms with Crippen molar-refractivity contribution < 1.29 is 9.59 Å². The Kier molecular flexibility index (Phi) is 5.22. The number of urea groups is 1. The lowest BCUT2D eigenvalue weighted by Crippen LogP contribution is -2.47. The van der Waals surface area contributed by atoms with Gasteiger partial charge in [-0.2, -0.15) is 0 Å². The molecule has 0 atom stereocenters. The van der Waals surface area contributed by atoms with E-state index in [9.17, 15) is 9.59 Å². The van der Waals surface area contributed by atoms with Gasteiger partial charge >= 0.3 is 6.03 Å². The van der Waals surface area contributed by atoms with Crippen LogP contribution in [0.15, 0.2) is 42.9 Å². The van der Waals surface area contributed by atoms with Crippen molar-refractivity contribution in [3.05, 3.63) is 54.0 Å². The largest absolute Gasteiger partial charge is 0.348 e. The summed E-state index contributed by atoms with van der Waals surface area (Å²) in [4.78, 5) is 37.5. The van der Waals surface area contributed by atoms with Gasteiger partial charge in [-0.3, -0.25) is 14.7 Å². The monoisotopic (exact) mass is 393 g/mol. The quantitative estimate of drug-likeness (QED) is 0.845. The number of anilines is 1. The number of nitrogens with zero attached hydrogens (tertiary/aromatic N) is 4. The Balaban J connectivity index is 1.41. The van der Waals surface area contributed by atoms with Gasteiger partial charge in [0.25, 0.3) is 5.91 Å². The van der Waals surface area contributed by atoms with Crippen LogP contribution in [0.3, 0.4) is 0 Å². The molecule has 0 radical (unpaired) electrons. The van der Waals surface area contributed by atoms with Crippen molar-refractivity contribution in [3.63, 3.8) is 0 Å². The summed E-state index contributed by atoms with van der Waals surface area (Å²) in [6.07, 6.45) is 9.46. The molecule has 4 rings (SSSR count). The topological polar surface area (TPSA) is 78.4 Å². The van der Waals surface area contributed by atoms with E-state index in [0.29, 0.717) is 30.5 Å². The first kappa shape index (κ1) is 19.4. The van der Waals surface area contributed by atoms with Gasteiger partial charge in [-0.15, -0.1) is 0 Å². The first-order chi connectivity index (χ1) is 14.0. The van der Waals surface area contributed by atoms with E-state index in [4.69, 9.17) is 0 Å². The maximum absolute atomic E-state index is 13.1. The highest BCUT2D eigenvalue weighted by atomic mass is 16.2. The van der Waals surface area contributed by atoms with Crippen LogP contribution in [0.5, 0.6) is 0 Å². The van der Waals surface area contributed by atoms with E-state index in [1.54, 1.807) is 29.4 Å². The summed E-state index contributed by atoms with van der Waals surface area (Å²) < 4.78 is 0. The summed E-state index contributed by atoms with van der Waals surface area (Å²) in [5, 5.41) is 2.86. The number of aromatic nitrogens is 2. The van der Waals surface area contributed by atoms with Crippen LogP contribution in [-0.4, -0.2) is 44.9 Å². The van der Waals surface area contributed by atoms with E-state index in [-0.39, 0.29) is 17.5 Å². The van der Waals surface area contributed by atoms with Crippen LogP contribution in [-0.2, 0) is 6.54 Å². The average Bonchev–Trinajstić information content (AvgIpc) is 3.32. The van der Waals surface area contributed by atoms with Crippen molar-refractivity contribution in [2.45, 2.75) is 57.7 Å². The minimum absolute atomic E-state index is 0.0482. The number of hydrogen-bond donors (Lipinski definition) is 1. The van der Waals surface area contributed by atoms with Crippen LogP contribution in [0, 0.1) is 0 Å². The highest BCUT2D eigenvalue weighted by molar-refractivity contribution is 5.95. The van der Waals surface area contributed by atoms with Crippen LogP contribution < -0.4 is 10.2 Å². The Labute approximate surface area is 171 Å². The molecule has 3 amide bonds. The molecule has 3 heterocycles. The van der Waals surface area contributed by atoms with Gasteiger partial charge in [0.2, 0.25) is 0 Å². The van der Waals surface area contributed by atoms with Crippen molar-refractivity contribution in [1.82, 2.24) is 20.2 Å². The number of amides is 3. The smallest absolute Gasteiger partial charge is 0.326 e. The molecule has 2 fully saturated rings. The third-order valence-corrected chi connectivity index (χ3v) is 5.79. The third kappa shape index (κ3) is 3.95. The molecule has 1 aliphatic heterocycles. The van der Waals surface area contributed by atoms with Gasteiger partial charge in [0.1, 0.15) is 5.82 Å². The van der Waals surface area contributed by atoms with Gasteiger partial charge in [0.05, 0.1) is 17.6 Å². The molecule has 1 N–H and O–H groups in total. The zero-order valence-corrected chi connectivity index (χ0v) is 17.0. The van der Waals surface area contributed by atoms with Gasteiger partial charge in [0, 0.05) is 31.2 Å². The van der Waals surface area contributed by atoms with Crippen LogP contribution in [0.25, 0.3) is 0 Å². The van der Waals surface area contributed by atoms with E-state index in [0.717, 1.165) is 18.4 Å². The van der Waals surface area contributed by atoms with Crippen molar-refractivity contribution in [1.29, 1.82) is 0 Å². The molecule has 0 unspecified atom stereocenters. The molecule has 2 aliphatic rings. The molecule has 152 valence electrons. The minimum atomic E-state index is -0.204. The standard InChI is InChI=1S/C22H27N5O2/c1-22(2)15-26(21(29)27(22)18-7-3-4-8-18)19-10-9-16(12-24-19)13-25-20(28)17-6-5-11-23-14-17/h5-6,9-12,14,18H,3-4,7-8,13,15H2,1-2H3,(H,25,28). The zero-order valence-electron chi connectivity index (χ0n) is 17.0. The summed E-state index contributed by atoms with van der Waals surface area (Å²) in [5.41, 5.74) is 1.20. The molecule has 1 saturated heterocycles. The molecule has 7 heteroatoms. The summed E-state index contributed by atoms with van der Waals surface area (Å²) in [6, 6.07) is 7.61. The first-order valence-corrected chi connectivity index (χ1v) is 10.2. The molecule has 1 saturated carbocycles. The number of nitrogens with one attached hydrogen (secondary N) is 1. The second-order valence-electron chi connectivity index (χ2n) is 8.44. The van der Waals surface area contributed by atoms with Crippen LogP contribution in [0.4, 0.5) is 10.6 Å². The molecule has 0 aromatic carbocycles. The number of carbonyl (C=O) groups excluding carboxylic acids is 2. The highest BCUT2D eigenvalue weighted by Gasteiger charge is 2.47. The Morgan fingerprint density at radius 2 is 2.00 bits per heavy atom. The van der Waals surface area contributed by atoms with Crippen molar-refractivity contribution in [2.24, 2.45) is 0 Å². The number of hydrogen-bond acceptors (Lipinski definition) is 4. The number of pyridine rings is 2. The van der Waals surface area contributed by atoms with Crippen LogP contribution in [0.1, 0.15) is 55.5 Å². The second-order valence-corrected chi connectivity index (χ2v) is 8.44. The Hall–Kier alpha value is -2.96. The molecule has 0 spiro atoms. The van der Waals surface area contributed by atoms with Crippen LogP contribution in [0.2, 0.25) is 0 Å². The average molecular weight is 393 g/mol. The summed E-state index contributed by atoms with van der Waals surface area (Å²) >= 11 is 0. The van der Waals surface area contributed by atoms with Gasteiger partial charge in [-0.1, -0.05) is 18.9 Å². The SMILES string of the molecule is CC1(C)CN(c2ccc(CNC(=O)c3cccnc3)cn2)C(=O)N1C1CCCC1. The molecule has 7 nitrogen and oxygen atoms in total. The fraction of sp³-hybridized carbons (Fsp3) is 0.455. The van der Waals surface area contributed by atoms with Crippen LogP contribution >= 0.6 is 0 Å². The molecular weight excluding hydrogens is 366 g/mol. The summed E-state index contributed by atoms with van der Waals surface area (Å²) in [6.45, 7) is 5.26. The van der Waals surface area contributed by atoms with Gasteiger partial charge in [0.15, 0.2) is 0 Å². The molecule has 2 aromatic rings. The maximum atomic E-state index is 13.1. The van der Waals surface area contributed by atoms with E-state index >= 15 is 0 Å². The maximum Gasteiger partial charge on any atom is 0.326 e. The lowest BCUT2D eigenvalue weighted by molar-refractivity contribution is 0.0950. The fourth-order valence-electron chi connectivity index (χ4n) is 4.37. The van der Waals surface area contributed by atoms with E-state index in [2.05, 4.69) is 34.0 Å². The van der Waals surface area contributed by atoms with Gasteiger partial charge < -0.3 is 10.2 Å². The fourth-order valence-corrected chi connectivity index (χ4v) is 4.37. The molecule has 29 heavy (non-hydrogen) atoms. The lowest BCUT2D eigenvalue weighted by atomic mass is 10.0. The summed E-state index contributed by atoms with van der Waals surface area (Å²) in [5.74, 6) is 0.483. The predicted molar refractivity (Wildman–Crippen MR) is 111 cm³/mol. The van der Waals surface area contributed by atoms with E-state index in [1.807, 2.05) is 12.1 Å². The molecule has 0 bridgehead atoms. The predicted octanol–water partition coefficient (Wildman–Crippen LogP) is 3.37. The number of carbonyl (C=O) groups is 2. The molecular formula is C22H27N5O2. The Bertz CT molecular complexity index is 876. The number of rotatable bonds is 5. The Morgan fingerprint density at radius 1 is 1.21 bits per heavy atom. The van der Waals surface area contributed by atoms with Crippen molar-refractivity contribution in [2.75, 3.05) is 11.4 Å². The van der Waals surface area contributed by atoms with E-state index in [1.165, 1.54) is 19.0 Å². The molecule has 2 aromatic heterocycles. The Morgan fingerprint density at radius 3 is 2.66 bits per heavy atom. The third-order valence-electron chi connectivity index (χ3n) is 5.79. The minimum Gasteiger partial charge on any atom is -0.348 e. The summed E-state index contributed by atoms with van der Waals surface area (Å²) in [7, 11) is 0. The lowest BCUT2D eigenvalue weighted by Gasteiger charge is -2.34. The zero-order chi connectivity index (χ0) is 20.4. The van der Waals surface area contributed by atoms with E-state index < -0.39 is 0 Å². The molecule has 1 aliphatic carbocycles. The van der Waals surface area contributed by atoms with Gasteiger partial charge in [-0.25, -0.2) is 9.78 Å². The normalized spacial score (nSPS) is 19.0.